The minimum atomic E-state index is -0.534. The molecule has 1 aliphatic rings. The zero-order valence-corrected chi connectivity index (χ0v) is 15.9. The van der Waals surface area contributed by atoms with Crippen LogP contribution in [0.5, 0.6) is 11.5 Å². The van der Waals surface area contributed by atoms with Gasteiger partial charge in [0, 0.05) is 0 Å². The molecule has 146 valence electrons. The van der Waals surface area contributed by atoms with Gasteiger partial charge in [-0.15, -0.1) is 0 Å². The van der Waals surface area contributed by atoms with E-state index in [1.807, 2.05) is 13.8 Å². The van der Waals surface area contributed by atoms with Crippen LogP contribution in [-0.2, 0) is 9.59 Å². The lowest BCUT2D eigenvalue weighted by Gasteiger charge is -2.14. The van der Waals surface area contributed by atoms with E-state index in [0.717, 1.165) is 5.01 Å². The number of ether oxygens (including phenoxy) is 2. The van der Waals surface area contributed by atoms with E-state index in [2.05, 4.69) is 5.43 Å². The number of benzene rings is 2. The van der Waals surface area contributed by atoms with Crippen LogP contribution < -0.4 is 19.9 Å². The summed E-state index contributed by atoms with van der Waals surface area (Å²) in [5.41, 5.74) is 3.45. The van der Waals surface area contributed by atoms with Gasteiger partial charge in [0.25, 0.3) is 11.8 Å². The van der Waals surface area contributed by atoms with E-state index in [9.17, 15) is 14.0 Å². The summed E-state index contributed by atoms with van der Waals surface area (Å²) >= 11 is 0. The third kappa shape index (κ3) is 4.14. The number of hydrogen-bond acceptors (Lipinski definition) is 4. The van der Waals surface area contributed by atoms with Crippen molar-refractivity contribution in [2.45, 2.75) is 13.8 Å². The average molecular weight is 384 g/mol. The lowest BCUT2D eigenvalue weighted by molar-refractivity contribution is -0.117. The smallest absolute Gasteiger partial charge is 0.282 e. The highest BCUT2D eigenvalue weighted by Gasteiger charge is 2.34. The number of amides is 2. The summed E-state index contributed by atoms with van der Waals surface area (Å²) in [6.07, 6.45) is 1.48. The fraction of sp³-hybridized carbons (Fsp3) is 0.238. The number of rotatable bonds is 6. The van der Waals surface area contributed by atoms with Gasteiger partial charge in [-0.05, 0) is 54.0 Å². The highest BCUT2D eigenvalue weighted by Crippen LogP contribution is 2.30. The molecule has 6 nitrogen and oxygen atoms in total. The second-order valence-electron chi connectivity index (χ2n) is 6.73. The van der Waals surface area contributed by atoms with E-state index in [1.54, 1.807) is 18.2 Å². The fourth-order valence-corrected chi connectivity index (χ4v) is 2.65. The van der Waals surface area contributed by atoms with Crippen molar-refractivity contribution in [2.75, 3.05) is 18.7 Å². The Balaban J connectivity index is 1.85. The van der Waals surface area contributed by atoms with E-state index in [0.29, 0.717) is 35.3 Å². The molecule has 2 aromatic rings. The Hall–Kier alpha value is -3.35. The predicted molar refractivity (Wildman–Crippen MR) is 103 cm³/mol. The lowest BCUT2D eigenvalue weighted by atomic mass is 10.1. The van der Waals surface area contributed by atoms with E-state index in [1.165, 1.54) is 37.5 Å². The molecule has 2 aromatic carbocycles. The Bertz CT molecular complexity index is 923. The molecule has 0 saturated carbocycles. The van der Waals surface area contributed by atoms with Gasteiger partial charge in [0.1, 0.15) is 11.4 Å². The second-order valence-corrected chi connectivity index (χ2v) is 6.73. The number of anilines is 1. The molecule has 0 spiro atoms. The van der Waals surface area contributed by atoms with Crippen molar-refractivity contribution < 1.29 is 23.5 Å². The average Bonchev–Trinajstić information content (AvgIpc) is 2.95. The Morgan fingerprint density at radius 2 is 1.82 bits per heavy atom. The molecule has 0 aliphatic carbocycles. The van der Waals surface area contributed by atoms with Crippen molar-refractivity contribution in [1.82, 2.24) is 5.43 Å². The standard InChI is InChI=1S/C21H21FN2O4/c1-13(2)12-28-18-9-4-14(11-19(18)27-3)10-17-20(25)23-24(21(17)26)16-7-5-15(22)6-8-16/h4-11,13H,12H2,1-3H3,(H,23,25)/b17-10-. The van der Waals surface area contributed by atoms with Crippen molar-refractivity contribution >= 4 is 23.6 Å². The number of hydrogen-bond donors (Lipinski definition) is 1. The quantitative estimate of drug-likeness (QED) is 0.613. The van der Waals surface area contributed by atoms with Crippen LogP contribution in [0.3, 0.4) is 0 Å². The Morgan fingerprint density at radius 3 is 2.46 bits per heavy atom. The summed E-state index contributed by atoms with van der Waals surface area (Å²) in [5.74, 6) is -0.0121. The number of nitrogens with zero attached hydrogens (tertiary/aromatic N) is 1. The number of carbonyl (C=O) groups excluding carboxylic acids is 2. The van der Waals surface area contributed by atoms with Gasteiger partial charge in [0.05, 0.1) is 19.4 Å². The van der Waals surface area contributed by atoms with Crippen molar-refractivity contribution in [2.24, 2.45) is 5.92 Å². The minimum Gasteiger partial charge on any atom is -0.493 e. The summed E-state index contributed by atoms with van der Waals surface area (Å²) in [6, 6.07) is 10.5. The third-order valence-corrected chi connectivity index (χ3v) is 4.05. The van der Waals surface area contributed by atoms with Gasteiger partial charge in [0.2, 0.25) is 0 Å². The number of methoxy groups -OCH3 is 1. The predicted octanol–water partition coefficient (Wildman–Crippen LogP) is 3.33. The molecule has 0 unspecified atom stereocenters. The number of hydrazine groups is 1. The van der Waals surface area contributed by atoms with E-state index in [-0.39, 0.29) is 5.57 Å². The van der Waals surface area contributed by atoms with Crippen molar-refractivity contribution in [3.8, 4) is 11.5 Å². The summed E-state index contributed by atoms with van der Waals surface area (Å²) < 4.78 is 24.2. The molecule has 7 heteroatoms. The molecule has 1 heterocycles. The molecule has 0 atom stereocenters. The van der Waals surface area contributed by atoms with Crippen LogP contribution in [0, 0.1) is 11.7 Å². The fourth-order valence-electron chi connectivity index (χ4n) is 2.65. The maximum absolute atomic E-state index is 13.1. The highest BCUT2D eigenvalue weighted by molar-refractivity contribution is 6.31. The first-order valence-corrected chi connectivity index (χ1v) is 8.82. The summed E-state index contributed by atoms with van der Waals surface area (Å²) in [6.45, 7) is 4.63. The van der Waals surface area contributed by atoms with Gasteiger partial charge < -0.3 is 9.47 Å². The Morgan fingerprint density at radius 1 is 1.11 bits per heavy atom. The highest BCUT2D eigenvalue weighted by atomic mass is 19.1. The Labute approximate surface area is 162 Å². The molecule has 1 N–H and O–H groups in total. The summed E-state index contributed by atoms with van der Waals surface area (Å²) in [4.78, 5) is 24.9. The van der Waals surface area contributed by atoms with E-state index < -0.39 is 17.6 Å². The van der Waals surface area contributed by atoms with Crippen molar-refractivity contribution in [1.29, 1.82) is 0 Å². The molecule has 28 heavy (non-hydrogen) atoms. The molecule has 0 radical (unpaired) electrons. The molecule has 0 aromatic heterocycles. The van der Waals surface area contributed by atoms with Crippen LogP contribution in [0.2, 0.25) is 0 Å². The zero-order valence-electron chi connectivity index (χ0n) is 15.9. The molecule has 2 amide bonds. The largest absolute Gasteiger partial charge is 0.493 e. The monoisotopic (exact) mass is 384 g/mol. The van der Waals surface area contributed by atoms with Gasteiger partial charge in [-0.25, -0.2) is 9.40 Å². The molecule has 3 rings (SSSR count). The van der Waals surface area contributed by atoms with Crippen LogP contribution in [0.15, 0.2) is 48.0 Å². The van der Waals surface area contributed by atoms with Gasteiger partial charge in [-0.3, -0.25) is 15.0 Å². The maximum atomic E-state index is 13.1. The van der Waals surface area contributed by atoms with Gasteiger partial charge in [0.15, 0.2) is 11.5 Å². The molecule has 1 saturated heterocycles. The maximum Gasteiger partial charge on any atom is 0.282 e. The first-order valence-electron chi connectivity index (χ1n) is 8.82. The first-order chi connectivity index (χ1) is 13.4. The zero-order chi connectivity index (χ0) is 20.3. The topological polar surface area (TPSA) is 67.9 Å². The second kappa shape index (κ2) is 8.12. The van der Waals surface area contributed by atoms with Gasteiger partial charge in [-0.1, -0.05) is 19.9 Å². The Kier molecular flexibility index (Phi) is 5.63. The molecular weight excluding hydrogens is 363 g/mol. The number of halogens is 1. The number of carbonyl (C=O) groups is 2. The van der Waals surface area contributed by atoms with Crippen LogP contribution in [0.4, 0.5) is 10.1 Å². The molecule has 1 aliphatic heterocycles. The van der Waals surface area contributed by atoms with Crippen LogP contribution in [0.25, 0.3) is 6.08 Å². The normalized spacial score (nSPS) is 15.3. The number of nitrogens with one attached hydrogen (secondary N) is 1. The summed E-state index contributed by atoms with van der Waals surface area (Å²) in [7, 11) is 1.53. The molecule has 0 bridgehead atoms. The van der Waals surface area contributed by atoms with Crippen LogP contribution in [0.1, 0.15) is 19.4 Å². The molecular formula is C21H21FN2O4. The van der Waals surface area contributed by atoms with Gasteiger partial charge >= 0.3 is 0 Å². The van der Waals surface area contributed by atoms with Crippen LogP contribution in [-0.4, -0.2) is 25.5 Å². The minimum absolute atomic E-state index is 0.0257. The third-order valence-electron chi connectivity index (χ3n) is 4.05. The van der Waals surface area contributed by atoms with Crippen LogP contribution >= 0.6 is 0 Å². The first kappa shape index (κ1) is 19.4. The van der Waals surface area contributed by atoms with Crippen molar-refractivity contribution in [3.63, 3.8) is 0 Å². The summed E-state index contributed by atoms with van der Waals surface area (Å²) in [5, 5.41) is 1.09. The van der Waals surface area contributed by atoms with E-state index in [4.69, 9.17) is 9.47 Å². The van der Waals surface area contributed by atoms with E-state index >= 15 is 0 Å². The van der Waals surface area contributed by atoms with Crippen molar-refractivity contribution in [3.05, 3.63) is 59.4 Å². The van der Waals surface area contributed by atoms with Gasteiger partial charge in [-0.2, -0.15) is 0 Å². The molecule has 1 fully saturated rings. The SMILES string of the molecule is COc1cc(/C=C2/C(=O)NN(c3ccc(F)cc3)C2=O)ccc1OCC(C)C. The lowest BCUT2D eigenvalue weighted by Crippen LogP contribution is -2.35.